The average molecular weight is 247 g/mol. The van der Waals surface area contributed by atoms with Crippen LogP contribution in [-0.4, -0.2) is 0 Å². The molecule has 1 radical (unpaired) electrons. The van der Waals surface area contributed by atoms with Crippen molar-refractivity contribution in [2.75, 3.05) is 0 Å². The van der Waals surface area contributed by atoms with Crippen LogP contribution in [0.4, 0.5) is 0 Å². The van der Waals surface area contributed by atoms with E-state index >= 15 is 0 Å². The molecule has 0 aromatic heterocycles. The molecule has 0 N–H and O–H groups in total. The van der Waals surface area contributed by atoms with Gasteiger partial charge in [0.15, 0.2) is 0 Å². The number of hydrogen-bond donors (Lipinski definition) is 0. The van der Waals surface area contributed by atoms with Crippen molar-refractivity contribution in [3.8, 4) is 0 Å². The van der Waals surface area contributed by atoms with Crippen molar-refractivity contribution in [1.29, 1.82) is 0 Å². The highest BCUT2D eigenvalue weighted by Gasteiger charge is 2.18. The summed E-state index contributed by atoms with van der Waals surface area (Å²) in [7, 11) is 0. The largest absolute Gasteiger partial charge is 0.0798 e. The van der Waals surface area contributed by atoms with Crippen LogP contribution >= 0.6 is 0 Å². The molecule has 0 unspecified atom stereocenters. The summed E-state index contributed by atoms with van der Waals surface area (Å²) >= 11 is 0. The number of hydrogen-bond acceptors (Lipinski definition) is 0. The van der Waals surface area contributed by atoms with Crippen LogP contribution in [0.1, 0.15) is 39.7 Å². The topological polar surface area (TPSA) is 0 Å². The van der Waals surface area contributed by atoms with Crippen LogP contribution in [0, 0.1) is 6.08 Å². The van der Waals surface area contributed by atoms with Gasteiger partial charge in [-0.1, -0.05) is 35.9 Å². The fraction of sp³-hybridized carbons (Fsp3) is 0.263. The molecule has 0 amide bonds. The number of allylic oxidation sites excluding steroid dienone is 5. The van der Waals surface area contributed by atoms with Gasteiger partial charge in [0.2, 0.25) is 0 Å². The Morgan fingerprint density at radius 1 is 1.16 bits per heavy atom. The molecule has 2 aliphatic carbocycles. The summed E-state index contributed by atoms with van der Waals surface area (Å²) in [5.74, 6) is 0. The lowest BCUT2D eigenvalue weighted by atomic mass is 9.97. The first-order chi connectivity index (χ1) is 9.09. The zero-order valence-electron chi connectivity index (χ0n) is 12.1. The lowest BCUT2D eigenvalue weighted by Crippen LogP contribution is -2.28. The zero-order valence-corrected chi connectivity index (χ0v) is 12.1. The van der Waals surface area contributed by atoms with E-state index in [1.54, 1.807) is 0 Å². The number of fused-ring (bicyclic) bond motifs is 1. The second kappa shape index (κ2) is 4.38. The number of benzene rings is 1. The van der Waals surface area contributed by atoms with Crippen molar-refractivity contribution in [3.63, 3.8) is 0 Å². The van der Waals surface area contributed by atoms with Gasteiger partial charge in [0.1, 0.15) is 0 Å². The first-order valence-electron chi connectivity index (χ1n) is 6.88. The van der Waals surface area contributed by atoms with Gasteiger partial charge in [-0.25, -0.2) is 0 Å². The summed E-state index contributed by atoms with van der Waals surface area (Å²) < 4.78 is 0. The van der Waals surface area contributed by atoms with Crippen LogP contribution < -0.4 is 10.4 Å². The van der Waals surface area contributed by atoms with Gasteiger partial charge in [0.05, 0.1) is 0 Å². The first kappa shape index (κ1) is 12.2. The summed E-state index contributed by atoms with van der Waals surface area (Å²) in [6.07, 6.45) is 9.13. The smallest absolute Gasteiger partial charge is 0.00142 e. The molecule has 0 spiro atoms. The summed E-state index contributed by atoms with van der Waals surface area (Å²) in [6.45, 7) is 8.80. The highest BCUT2D eigenvalue weighted by Crippen LogP contribution is 2.32. The van der Waals surface area contributed by atoms with Crippen molar-refractivity contribution in [2.45, 2.75) is 34.1 Å². The second-order valence-electron chi connectivity index (χ2n) is 5.62. The van der Waals surface area contributed by atoms with Gasteiger partial charge in [0.25, 0.3) is 0 Å². The molecular formula is C19H19. The minimum atomic E-state index is 1.05. The van der Waals surface area contributed by atoms with Crippen molar-refractivity contribution in [3.05, 3.63) is 69.1 Å². The molecule has 0 saturated heterocycles. The second-order valence-corrected chi connectivity index (χ2v) is 5.62. The quantitative estimate of drug-likeness (QED) is 0.713. The van der Waals surface area contributed by atoms with Crippen molar-refractivity contribution in [2.24, 2.45) is 0 Å². The third-order valence-corrected chi connectivity index (χ3v) is 4.08. The predicted octanol–water partition coefficient (Wildman–Crippen LogP) is 3.42. The summed E-state index contributed by atoms with van der Waals surface area (Å²) in [6, 6.07) is 6.53. The normalized spacial score (nSPS) is 17.1. The highest BCUT2D eigenvalue weighted by molar-refractivity contribution is 5.77. The molecule has 0 heterocycles. The Bertz CT molecular complexity index is 761. The fourth-order valence-corrected chi connectivity index (χ4v) is 3.05. The maximum absolute atomic E-state index is 3.62. The van der Waals surface area contributed by atoms with Gasteiger partial charge in [-0.3, -0.25) is 0 Å². The van der Waals surface area contributed by atoms with E-state index in [2.05, 4.69) is 64.1 Å². The summed E-state index contributed by atoms with van der Waals surface area (Å²) in [5, 5.41) is 2.74. The molecule has 0 fully saturated rings. The molecule has 0 bridgehead atoms. The lowest BCUT2D eigenvalue weighted by molar-refractivity contribution is 1.25. The summed E-state index contributed by atoms with van der Waals surface area (Å²) in [4.78, 5) is 0. The zero-order chi connectivity index (χ0) is 13.6. The Hall–Kier alpha value is -1.82. The molecule has 0 saturated carbocycles. The van der Waals surface area contributed by atoms with Crippen molar-refractivity contribution < 1.29 is 0 Å². The van der Waals surface area contributed by atoms with Crippen molar-refractivity contribution >= 4 is 11.1 Å². The number of rotatable bonds is 1. The van der Waals surface area contributed by atoms with E-state index in [1.165, 1.54) is 43.9 Å². The van der Waals surface area contributed by atoms with Gasteiger partial charge in [-0.05, 0) is 78.5 Å². The maximum atomic E-state index is 3.62. The minimum absolute atomic E-state index is 1.05. The molecule has 1 aromatic rings. The van der Waals surface area contributed by atoms with Gasteiger partial charge in [-0.15, -0.1) is 0 Å². The highest BCUT2D eigenvalue weighted by atomic mass is 14.2. The van der Waals surface area contributed by atoms with E-state index in [-0.39, 0.29) is 0 Å². The van der Waals surface area contributed by atoms with E-state index in [0.29, 0.717) is 0 Å². The van der Waals surface area contributed by atoms with Gasteiger partial charge in [-0.2, -0.15) is 0 Å². The van der Waals surface area contributed by atoms with Crippen molar-refractivity contribution in [1.82, 2.24) is 0 Å². The maximum Gasteiger partial charge on any atom is -0.00142 e. The summed E-state index contributed by atoms with van der Waals surface area (Å²) in [5.41, 5.74) is 8.13. The van der Waals surface area contributed by atoms with Gasteiger partial charge >= 0.3 is 0 Å². The molecule has 3 rings (SSSR count). The Morgan fingerprint density at radius 3 is 2.58 bits per heavy atom. The lowest BCUT2D eigenvalue weighted by Gasteiger charge is -2.07. The van der Waals surface area contributed by atoms with Crippen LogP contribution in [-0.2, 0) is 0 Å². The Morgan fingerprint density at radius 2 is 1.95 bits per heavy atom. The van der Waals surface area contributed by atoms with Gasteiger partial charge in [0, 0.05) is 0 Å². The molecular weight excluding hydrogens is 228 g/mol. The van der Waals surface area contributed by atoms with E-state index < -0.39 is 0 Å². The first-order valence-corrected chi connectivity index (χ1v) is 6.88. The third kappa shape index (κ3) is 1.83. The molecule has 1 aromatic carbocycles. The molecule has 0 atom stereocenters. The van der Waals surface area contributed by atoms with E-state index in [9.17, 15) is 0 Å². The molecule has 0 nitrogen and oxygen atoms in total. The Labute approximate surface area is 115 Å². The van der Waals surface area contributed by atoms with Crippen LogP contribution in [0.3, 0.4) is 0 Å². The van der Waals surface area contributed by atoms with E-state index in [0.717, 1.165) is 6.42 Å². The van der Waals surface area contributed by atoms with Crippen LogP contribution in [0.2, 0.25) is 0 Å². The predicted molar refractivity (Wildman–Crippen MR) is 81.8 cm³/mol. The van der Waals surface area contributed by atoms with Gasteiger partial charge < -0.3 is 0 Å². The Kier molecular flexibility index (Phi) is 2.82. The molecule has 2 aliphatic rings. The SMILES string of the molecule is CC1=C(C2=[C]c3cccc(=C(C)C)c3=C2C)CC=C1. The van der Waals surface area contributed by atoms with Crippen LogP contribution in [0.25, 0.3) is 11.1 Å². The van der Waals surface area contributed by atoms with Crippen LogP contribution in [0.5, 0.6) is 0 Å². The molecule has 19 heavy (non-hydrogen) atoms. The fourth-order valence-electron chi connectivity index (χ4n) is 3.05. The molecule has 95 valence electrons. The molecule has 0 heteroatoms. The minimum Gasteiger partial charge on any atom is -0.0798 e. The standard InChI is InChI=1S/C19H19/c1-12(2)16-9-6-8-15-11-18(14(4)19(15)16)17-10-5-7-13(17)3/h5-9H,10H2,1-4H3. The monoisotopic (exact) mass is 247 g/mol. The van der Waals surface area contributed by atoms with Crippen LogP contribution in [0.15, 0.2) is 47.1 Å². The molecule has 0 aliphatic heterocycles. The van der Waals surface area contributed by atoms with E-state index in [4.69, 9.17) is 0 Å². The Balaban J connectivity index is 2.30. The average Bonchev–Trinajstić information content (AvgIpc) is 2.93. The van der Waals surface area contributed by atoms with E-state index in [1.807, 2.05) is 0 Å². The third-order valence-electron chi connectivity index (χ3n) is 4.08.